The molecular weight excluding hydrogens is 276 g/mol. The minimum absolute atomic E-state index is 0.177. The van der Waals surface area contributed by atoms with Crippen LogP contribution in [-0.2, 0) is 14.6 Å². The third-order valence-corrected chi connectivity index (χ3v) is 5.20. The Bertz CT molecular complexity index is 525. The summed E-state index contributed by atoms with van der Waals surface area (Å²) in [6, 6.07) is 7.30. The van der Waals surface area contributed by atoms with E-state index < -0.39 is 9.84 Å². The van der Waals surface area contributed by atoms with Crippen molar-refractivity contribution in [2.45, 2.75) is 24.3 Å². The molecule has 0 aliphatic carbocycles. The van der Waals surface area contributed by atoms with Crippen molar-refractivity contribution in [3.8, 4) is 0 Å². The van der Waals surface area contributed by atoms with Crippen LogP contribution in [0.3, 0.4) is 0 Å². The lowest BCUT2D eigenvalue weighted by atomic mass is 10.2. The van der Waals surface area contributed by atoms with Gasteiger partial charge in [-0.1, -0.05) is 19.1 Å². The van der Waals surface area contributed by atoms with Gasteiger partial charge in [0.25, 0.3) is 0 Å². The molecule has 5 nitrogen and oxygen atoms in total. The number of hydrogen-bond acceptors (Lipinski definition) is 5. The van der Waals surface area contributed by atoms with Gasteiger partial charge >= 0.3 is 0 Å². The first kappa shape index (κ1) is 15.3. The second-order valence-corrected chi connectivity index (χ2v) is 7.00. The highest BCUT2D eigenvalue weighted by molar-refractivity contribution is 7.91. The molecule has 1 aromatic carbocycles. The van der Waals surface area contributed by atoms with Crippen molar-refractivity contribution in [1.29, 1.82) is 0 Å². The zero-order valence-electron chi connectivity index (χ0n) is 11.8. The van der Waals surface area contributed by atoms with Gasteiger partial charge in [-0.25, -0.2) is 8.42 Å². The molecule has 1 heterocycles. The Labute approximate surface area is 120 Å². The first-order chi connectivity index (χ1) is 9.63. The Kier molecular flexibility index (Phi) is 5.39. The van der Waals surface area contributed by atoms with Crippen molar-refractivity contribution >= 4 is 15.5 Å². The Morgan fingerprint density at radius 3 is 2.90 bits per heavy atom. The van der Waals surface area contributed by atoms with Gasteiger partial charge in [0, 0.05) is 19.1 Å². The van der Waals surface area contributed by atoms with Crippen molar-refractivity contribution in [3.63, 3.8) is 0 Å². The van der Waals surface area contributed by atoms with Crippen molar-refractivity contribution in [2.24, 2.45) is 0 Å². The number of anilines is 1. The van der Waals surface area contributed by atoms with Crippen molar-refractivity contribution in [3.05, 3.63) is 24.3 Å². The van der Waals surface area contributed by atoms with E-state index in [1.807, 2.05) is 19.1 Å². The first-order valence-electron chi connectivity index (χ1n) is 7.00. The number of benzene rings is 1. The SMILES string of the molecule is CCCS(=O)(=O)c1ccccc1NCC1COCCN1. The Hall–Kier alpha value is -1.11. The summed E-state index contributed by atoms with van der Waals surface area (Å²) in [6.07, 6.45) is 0.620. The van der Waals surface area contributed by atoms with E-state index in [9.17, 15) is 8.42 Å². The number of para-hydroxylation sites is 1. The summed E-state index contributed by atoms with van der Waals surface area (Å²) in [5.74, 6) is 0.177. The molecule has 0 spiro atoms. The normalized spacial score (nSPS) is 19.8. The lowest BCUT2D eigenvalue weighted by Crippen LogP contribution is -2.45. The van der Waals surface area contributed by atoms with Crippen LogP contribution in [0.2, 0.25) is 0 Å². The minimum atomic E-state index is -3.21. The number of morpholine rings is 1. The predicted molar refractivity (Wildman–Crippen MR) is 79.9 cm³/mol. The van der Waals surface area contributed by atoms with Crippen LogP contribution in [0.25, 0.3) is 0 Å². The fraction of sp³-hybridized carbons (Fsp3) is 0.571. The number of hydrogen-bond donors (Lipinski definition) is 2. The molecule has 112 valence electrons. The van der Waals surface area contributed by atoms with Gasteiger partial charge in [-0.05, 0) is 18.6 Å². The molecule has 0 saturated carbocycles. The molecule has 1 fully saturated rings. The summed E-state index contributed by atoms with van der Waals surface area (Å²) in [4.78, 5) is 0.388. The molecule has 1 saturated heterocycles. The molecule has 0 radical (unpaired) electrons. The molecule has 1 aromatic rings. The monoisotopic (exact) mass is 298 g/mol. The van der Waals surface area contributed by atoms with E-state index in [1.165, 1.54) is 0 Å². The highest BCUT2D eigenvalue weighted by Gasteiger charge is 2.18. The molecule has 1 atom stereocenters. The van der Waals surface area contributed by atoms with Crippen LogP contribution in [0, 0.1) is 0 Å². The van der Waals surface area contributed by atoms with E-state index in [4.69, 9.17) is 4.74 Å². The average Bonchev–Trinajstić information content (AvgIpc) is 2.46. The number of nitrogens with one attached hydrogen (secondary N) is 2. The summed E-state index contributed by atoms with van der Waals surface area (Å²) < 4.78 is 29.8. The first-order valence-corrected chi connectivity index (χ1v) is 8.65. The Morgan fingerprint density at radius 1 is 1.40 bits per heavy atom. The van der Waals surface area contributed by atoms with E-state index >= 15 is 0 Å². The Balaban J connectivity index is 2.07. The standard InChI is InChI=1S/C14H22N2O3S/c1-2-9-20(17,18)14-6-4-3-5-13(14)16-10-12-11-19-8-7-15-12/h3-6,12,15-16H,2,7-11H2,1H3. The quantitative estimate of drug-likeness (QED) is 0.828. The van der Waals surface area contributed by atoms with Crippen LogP contribution >= 0.6 is 0 Å². The van der Waals surface area contributed by atoms with Gasteiger partial charge in [0.15, 0.2) is 9.84 Å². The molecular formula is C14H22N2O3S. The molecule has 2 rings (SSSR count). The highest BCUT2D eigenvalue weighted by atomic mass is 32.2. The fourth-order valence-electron chi connectivity index (χ4n) is 2.25. The van der Waals surface area contributed by atoms with Gasteiger partial charge in [0.05, 0.1) is 29.5 Å². The minimum Gasteiger partial charge on any atom is -0.382 e. The van der Waals surface area contributed by atoms with Crippen LogP contribution in [0.15, 0.2) is 29.2 Å². The van der Waals surface area contributed by atoms with Gasteiger partial charge in [-0.2, -0.15) is 0 Å². The van der Waals surface area contributed by atoms with Crippen LogP contribution in [0.1, 0.15) is 13.3 Å². The number of ether oxygens (including phenoxy) is 1. The van der Waals surface area contributed by atoms with E-state index in [0.29, 0.717) is 30.2 Å². The molecule has 1 aliphatic rings. The maximum atomic E-state index is 12.2. The molecule has 0 aromatic heterocycles. The fourth-order valence-corrected chi connectivity index (χ4v) is 3.77. The summed E-state index contributed by atoms with van der Waals surface area (Å²) in [5.41, 5.74) is 0.674. The van der Waals surface area contributed by atoms with E-state index in [0.717, 1.165) is 13.2 Å². The van der Waals surface area contributed by atoms with Crippen molar-refractivity contribution in [1.82, 2.24) is 5.32 Å². The molecule has 20 heavy (non-hydrogen) atoms. The van der Waals surface area contributed by atoms with Crippen molar-refractivity contribution in [2.75, 3.05) is 37.4 Å². The van der Waals surface area contributed by atoms with Gasteiger partial charge < -0.3 is 15.4 Å². The van der Waals surface area contributed by atoms with E-state index in [-0.39, 0.29) is 11.8 Å². The van der Waals surface area contributed by atoms with Gasteiger partial charge in [-0.3, -0.25) is 0 Å². The van der Waals surface area contributed by atoms with Gasteiger partial charge in [0.1, 0.15) is 0 Å². The Morgan fingerprint density at radius 2 is 2.20 bits per heavy atom. The van der Waals surface area contributed by atoms with Crippen LogP contribution in [-0.4, -0.2) is 46.5 Å². The molecule has 1 aliphatic heterocycles. The molecule has 1 unspecified atom stereocenters. The van der Waals surface area contributed by atoms with Crippen LogP contribution in [0.5, 0.6) is 0 Å². The number of sulfone groups is 1. The maximum Gasteiger partial charge on any atom is 0.180 e. The molecule has 0 amide bonds. The smallest absolute Gasteiger partial charge is 0.180 e. The van der Waals surface area contributed by atoms with Crippen LogP contribution in [0.4, 0.5) is 5.69 Å². The summed E-state index contributed by atoms with van der Waals surface area (Å²) in [7, 11) is -3.21. The van der Waals surface area contributed by atoms with E-state index in [1.54, 1.807) is 12.1 Å². The average molecular weight is 298 g/mol. The third kappa shape index (κ3) is 3.94. The zero-order chi connectivity index (χ0) is 14.4. The van der Waals surface area contributed by atoms with Gasteiger partial charge in [0.2, 0.25) is 0 Å². The lowest BCUT2D eigenvalue weighted by Gasteiger charge is -2.24. The summed E-state index contributed by atoms with van der Waals surface area (Å²) in [5, 5.41) is 6.56. The second kappa shape index (κ2) is 7.06. The lowest BCUT2D eigenvalue weighted by molar-refractivity contribution is 0.0806. The molecule has 2 N–H and O–H groups in total. The molecule has 6 heteroatoms. The third-order valence-electron chi connectivity index (χ3n) is 3.23. The summed E-state index contributed by atoms with van der Waals surface area (Å²) >= 11 is 0. The van der Waals surface area contributed by atoms with E-state index in [2.05, 4.69) is 10.6 Å². The largest absolute Gasteiger partial charge is 0.382 e. The topological polar surface area (TPSA) is 67.4 Å². The van der Waals surface area contributed by atoms with Gasteiger partial charge in [-0.15, -0.1) is 0 Å². The molecule has 0 bridgehead atoms. The second-order valence-electron chi connectivity index (χ2n) is 4.92. The zero-order valence-corrected chi connectivity index (χ0v) is 12.6. The maximum absolute atomic E-state index is 12.2. The van der Waals surface area contributed by atoms with Crippen molar-refractivity contribution < 1.29 is 13.2 Å². The number of rotatable bonds is 6. The van der Waals surface area contributed by atoms with Crippen LogP contribution < -0.4 is 10.6 Å². The summed E-state index contributed by atoms with van der Waals surface area (Å²) in [6.45, 7) is 4.74. The highest BCUT2D eigenvalue weighted by Crippen LogP contribution is 2.22. The predicted octanol–water partition coefficient (Wildman–Crippen LogP) is 1.27.